The molecular formula is C16H15FO2. The summed E-state index contributed by atoms with van der Waals surface area (Å²) in [7, 11) is 0. The van der Waals surface area contributed by atoms with Crippen LogP contribution in [0.15, 0.2) is 48.5 Å². The molecule has 98 valence electrons. The molecule has 2 nitrogen and oxygen atoms in total. The second-order valence-corrected chi connectivity index (χ2v) is 4.57. The van der Waals surface area contributed by atoms with E-state index in [1.807, 2.05) is 12.1 Å². The fraction of sp³-hybridized carbons (Fsp3) is 0.188. The Morgan fingerprint density at radius 2 is 1.79 bits per heavy atom. The molecule has 0 bridgehead atoms. The summed E-state index contributed by atoms with van der Waals surface area (Å²) in [5, 5.41) is 8.93. The zero-order valence-corrected chi connectivity index (χ0v) is 10.6. The molecule has 1 unspecified atom stereocenters. The molecule has 0 aromatic heterocycles. The van der Waals surface area contributed by atoms with Crippen LogP contribution in [0.2, 0.25) is 0 Å². The number of hydrogen-bond donors (Lipinski definition) is 1. The van der Waals surface area contributed by atoms with E-state index in [0.29, 0.717) is 12.0 Å². The predicted octanol–water partition coefficient (Wildman–Crippen LogP) is 3.60. The van der Waals surface area contributed by atoms with Gasteiger partial charge in [-0.3, -0.25) is 4.79 Å². The Morgan fingerprint density at radius 3 is 2.37 bits per heavy atom. The maximum Gasteiger partial charge on any atom is 0.310 e. The Hall–Kier alpha value is -2.16. The maximum atomic E-state index is 13.5. The van der Waals surface area contributed by atoms with Gasteiger partial charge in [-0.05, 0) is 29.7 Å². The summed E-state index contributed by atoms with van der Waals surface area (Å²) in [6.07, 6.45) is 0.508. The molecule has 0 amide bonds. The van der Waals surface area contributed by atoms with Gasteiger partial charge in [-0.1, -0.05) is 42.5 Å². The molecule has 0 saturated heterocycles. The van der Waals surface area contributed by atoms with E-state index in [1.165, 1.54) is 6.07 Å². The smallest absolute Gasteiger partial charge is 0.310 e. The minimum atomic E-state index is -0.846. The second-order valence-electron chi connectivity index (χ2n) is 4.57. The Labute approximate surface area is 111 Å². The Morgan fingerprint density at radius 1 is 1.16 bits per heavy atom. The molecule has 0 aliphatic rings. The van der Waals surface area contributed by atoms with Gasteiger partial charge >= 0.3 is 5.97 Å². The first-order valence-electron chi connectivity index (χ1n) is 6.13. The number of aliphatic carboxylic acids is 1. The van der Waals surface area contributed by atoms with Crippen molar-refractivity contribution in [1.29, 1.82) is 0 Å². The van der Waals surface area contributed by atoms with Crippen molar-refractivity contribution in [2.45, 2.75) is 19.3 Å². The van der Waals surface area contributed by atoms with Gasteiger partial charge in [-0.25, -0.2) is 4.39 Å². The highest BCUT2D eigenvalue weighted by molar-refractivity contribution is 5.75. The average molecular weight is 258 g/mol. The average Bonchev–Trinajstić information content (AvgIpc) is 2.41. The van der Waals surface area contributed by atoms with Gasteiger partial charge in [0.25, 0.3) is 0 Å². The molecule has 1 N–H and O–H groups in total. The highest BCUT2D eigenvalue weighted by Crippen LogP contribution is 2.18. The van der Waals surface area contributed by atoms with Crippen LogP contribution in [0.25, 0.3) is 0 Å². The SMILES string of the molecule is CC(C(=O)O)c1ccc(Cc2ccccc2F)cc1. The molecule has 0 fully saturated rings. The van der Waals surface area contributed by atoms with Gasteiger partial charge in [0.15, 0.2) is 0 Å². The Kier molecular flexibility index (Phi) is 3.95. The second kappa shape index (κ2) is 5.65. The van der Waals surface area contributed by atoms with E-state index < -0.39 is 11.9 Å². The van der Waals surface area contributed by atoms with Crippen molar-refractivity contribution in [2.24, 2.45) is 0 Å². The first kappa shape index (κ1) is 13.3. The molecule has 0 spiro atoms. The maximum absolute atomic E-state index is 13.5. The van der Waals surface area contributed by atoms with E-state index in [0.717, 1.165) is 11.1 Å². The van der Waals surface area contributed by atoms with E-state index in [1.54, 1.807) is 37.3 Å². The van der Waals surface area contributed by atoms with Crippen LogP contribution in [0.1, 0.15) is 29.5 Å². The summed E-state index contributed by atoms with van der Waals surface area (Å²) in [5.41, 5.74) is 2.36. The standard InChI is InChI=1S/C16H15FO2/c1-11(16(18)19)13-8-6-12(7-9-13)10-14-4-2-3-5-15(14)17/h2-9,11H,10H2,1H3,(H,18,19). The van der Waals surface area contributed by atoms with Crippen LogP contribution in [0, 0.1) is 5.82 Å². The molecule has 0 saturated carbocycles. The summed E-state index contributed by atoms with van der Waals surface area (Å²) in [6, 6.07) is 13.9. The van der Waals surface area contributed by atoms with E-state index in [4.69, 9.17) is 5.11 Å². The van der Waals surface area contributed by atoms with E-state index in [-0.39, 0.29) is 5.82 Å². The van der Waals surface area contributed by atoms with Crippen molar-refractivity contribution >= 4 is 5.97 Å². The van der Waals surface area contributed by atoms with Gasteiger partial charge in [0.05, 0.1) is 5.92 Å². The van der Waals surface area contributed by atoms with Crippen LogP contribution >= 0.6 is 0 Å². The number of carboxylic acid groups (broad SMARTS) is 1. The number of carbonyl (C=O) groups is 1. The van der Waals surface area contributed by atoms with Crippen LogP contribution < -0.4 is 0 Å². The van der Waals surface area contributed by atoms with Crippen molar-refractivity contribution in [3.63, 3.8) is 0 Å². The van der Waals surface area contributed by atoms with Crippen LogP contribution in [0.5, 0.6) is 0 Å². The minimum absolute atomic E-state index is 0.217. The molecule has 1 atom stereocenters. The summed E-state index contributed by atoms with van der Waals surface area (Å²) in [6.45, 7) is 1.65. The first-order chi connectivity index (χ1) is 9.08. The van der Waals surface area contributed by atoms with Gasteiger partial charge in [-0.2, -0.15) is 0 Å². The third-order valence-electron chi connectivity index (χ3n) is 3.20. The third-order valence-corrected chi connectivity index (χ3v) is 3.20. The molecule has 2 aromatic rings. The van der Waals surface area contributed by atoms with Gasteiger partial charge in [-0.15, -0.1) is 0 Å². The van der Waals surface area contributed by atoms with Crippen LogP contribution in [0.4, 0.5) is 4.39 Å². The number of benzene rings is 2. The quantitative estimate of drug-likeness (QED) is 0.909. The largest absolute Gasteiger partial charge is 0.481 e. The molecule has 2 rings (SSSR count). The third kappa shape index (κ3) is 3.19. The van der Waals surface area contributed by atoms with Gasteiger partial charge in [0, 0.05) is 6.42 Å². The lowest BCUT2D eigenvalue weighted by molar-refractivity contribution is -0.138. The molecule has 2 aromatic carbocycles. The van der Waals surface area contributed by atoms with Crippen LogP contribution in [0.3, 0.4) is 0 Å². The van der Waals surface area contributed by atoms with E-state index >= 15 is 0 Å². The van der Waals surface area contributed by atoms with Crippen molar-refractivity contribution in [3.05, 3.63) is 71.0 Å². The van der Waals surface area contributed by atoms with E-state index in [9.17, 15) is 9.18 Å². The molecule has 3 heteroatoms. The summed E-state index contributed by atoms with van der Waals surface area (Å²) in [4.78, 5) is 10.9. The van der Waals surface area contributed by atoms with Crippen LogP contribution in [-0.4, -0.2) is 11.1 Å². The molecule has 19 heavy (non-hydrogen) atoms. The number of hydrogen-bond acceptors (Lipinski definition) is 1. The molecule has 0 heterocycles. The van der Waals surface area contributed by atoms with E-state index in [2.05, 4.69) is 0 Å². The number of halogens is 1. The van der Waals surface area contributed by atoms with Crippen molar-refractivity contribution in [1.82, 2.24) is 0 Å². The van der Waals surface area contributed by atoms with Crippen molar-refractivity contribution < 1.29 is 14.3 Å². The Bertz CT molecular complexity index is 576. The summed E-state index contributed by atoms with van der Waals surface area (Å²) < 4.78 is 13.5. The van der Waals surface area contributed by atoms with Gasteiger partial charge in [0.2, 0.25) is 0 Å². The number of rotatable bonds is 4. The minimum Gasteiger partial charge on any atom is -0.481 e. The highest BCUT2D eigenvalue weighted by Gasteiger charge is 2.13. The normalized spacial score (nSPS) is 12.1. The lowest BCUT2D eigenvalue weighted by atomic mass is 9.98. The lowest BCUT2D eigenvalue weighted by Crippen LogP contribution is -2.07. The topological polar surface area (TPSA) is 37.3 Å². The number of carboxylic acids is 1. The van der Waals surface area contributed by atoms with Crippen molar-refractivity contribution in [2.75, 3.05) is 0 Å². The zero-order valence-electron chi connectivity index (χ0n) is 10.6. The molecule has 0 aliphatic carbocycles. The summed E-state index contributed by atoms with van der Waals surface area (Å²) >= 11 is 0. The molecule has 0 aliphatic heterocycles. The fourth-order valence-corrected chi connectivity index (χ4v) is 1.93. The zero-order chi connectivity index (χ0) is 13.8. The van der Waals surface area contributed by atoms with Gasteiger partial charge in [0.1, 0.15) is 5.82 Å². The van der Waals surface area contributed by atoms with Crippen molar-refractivity contribution in [3.8, 4) is 0 Å². The predicted molar refractivity (Wildman–Crippen MR) is 71.7 cm³/mol. The monoisotopic (exact) mass is 258 g/mol. The molecule has 0 radical (unpaired) electrons. The summed E-state index contributed by atoms with van der Waals surface area (Å²) in [5.74, 6) is -1.59. The highest BCUT2D eigenvalue weighted by atomic mass is 19.1. The van der Waals surface area contributed by atoms with Gasteiger partial charge < -0.3 is 5.11 Å². The fourth-order valence-electron chi connectivity index (χ4n) is 1.93. The Balaban J connectivity index is 2.15. The first-order valence-corrected chi connectivity index (χ1v) is 6.13. The lowest BCUT2D eigenvalue weighted by Gasteiger charge is -2.08. The molecular weight excluding hydrogens is 243 g/mol. The van der Waals surface area contributed by atoms with Crippen LogP contribution in [-0.2, 0) is 11.2 Å².